The van der Waals surface area contributed by atoms with Gasteiger partial charge in [-0.05, 0) is 24.3 Å². The lowest BCUT2D eigenvalue weighted by Crippen LogP contribution is -2.11. The van der Waals surface area contributed by atoms with Crippen molar-refractivity contribution in [1.82, 2.24) is 0 Å². The molecule has 0 saturated heterocycles. The molecule has 0 saturated carbocycles. The molecule has 0 aromatic heterocycles. The molecule has 0 unspecified atom stereocenters. The topological polar surface area (TPSA) is 47.3 Å². The number of para-hydroxylation sites is 1. The Labute approximate surface area is 101 Å². The van der Waals surface area contributed by atoms with Gasteiger partial charge in [0, 0.05) is 24.0 Å². The summed E-state index contributed by atoms with van der Waals surface area (Å²) in [6.45, 7) is 1.37. The molecule has 0 spiro atoms. The van der Waals surface area contributed by atoms with E-state index in [4.69, 9.17) is 10.5 Å². The van der Waals surface area contributed by atoms with Crippen LogP contribution in [0.25, 0.3) is 0 Å². The molecule has 0 aliphatic rings. The molecule has 0 radical (unpaired) electrons. The fourth-order valence-corrected chi connectivity index (χ4v) is 1.52. The minimum Gasteiger partial charge on any atom is -0.492 e. The van der Waals surface area contributed by atoms with Crippen molar-refractivity contribution in [2.75, 3.05) is 24.2 Å². The van der Waals surface area contributed by atoms with Crippen molar-refractivity contribution in [2.24, 2.45) is 0 Å². The maximum Gasteiger partial charge on any atom is 0.121 e. The van der Waals surface area contributed by atoms with Gasteiger partial charge in [-0.3, -0.25) is 0 Å². The lowest BCUT2D eigenvalue weighted by atomic mass is 10.3. The van der Waals surface area contributed by atoms with Crippen molar-refractivity contribution in [3.8, 4) is 5.75 Å². The lowest BCUT2D eigenvalue weighted by Gasteiger charge is -2.08. The molecule has 3 heteroatoms. The molecule has 2 aromatic rings. The van der Waals surface area contributed by atoms with E-state index in [1.807, 2.05) is 54.6 Å². The summed E-state index contributed by atoms with van der Waals surface area (Å²) in [5, 5.41) is 3.27. The molecular weight excluding hydrogens is 212 g/mol. The van der Waals surface area contributed by atoms with Gasteiger partial charge in [-0.1, -0.05) is 24.3 Å². The van der Waals surface area contributed by atoms with Crippen LogP contribution < -0.4 is 15.8 Å². The number of nitrogens with one attached hydrogen (secondary N) is 1. The van der Waals surface area contributed by atoms with Crippen LogP contribution in [0.3, 0.4) is 0 Å². The summed E-state index contributed by atoms with van der Waals surface area (Å²) in [5.74, 6) is 0.805. The van der Waals surface area contributed by atoms with Crippen LogP contribution in [0.15, 0.2) is 54.6 Å². The third-order valence-corrected chi connectivity index (χ3v) is 2.33. The fourth-order valence-electron chi connectivity index (χ4n) is 1.52. The quantitative estimate of drug-likeness (QED) is 0.611. The Morgan fingerprint density at radius 1 is 1.00 bits per heavy atom. The molecule has 0 bridgehead atoms. The maximum atomic E-state index is 5.66. The van der Waals surface area contributed by atoms with Gasteiger partial charge >= 0.3 is 0 Å². The van der Waals surface area contributed by atoms with E-state index in [2.05, 4.69) is 5.32 Å². The zero-order chi connectivity index (χ0) is 11.9. The summed E-state index contributed by atoms with van der Waals surface area (Å²) in [6.07, 6.45) is 0. The molecule has 3 nitrogen and oxygen atoms in total. The minimum absolute atomic E-state index is 0.609. The highest BCUT2D eigenvalue weighted by Gasteiger charge is 1.94. The van der Waals surface area contributed by atoms with Gasteiger partial charge in [-0.25, -0.2) is 0 Å². The lowest BCUT2D eigenvalue weighted by molar-refractivity contribution is 0.333. The maximum absolute atomic E-state index is 5.66. The molecule has 0 aliphatic heterocycles. The predicted octanol–water partition coefficient (Wildman–Crippen LogP) is 2.76. The van der Waals surface area contributed by atoms with Gasteiger partial charge in [0.25, 0.3) is 0 Å². The predicted molar refractivity (Wildman–Crippen MR) is 71.3 cm³/mol. The molecule has 88 valence electrons. The second-order valence-electron chi connectivity index (χ2n) is 3.71. The fraction of sp³-hybridized carbons (Fsp3) is 0.143. The first-order valence-corrected chi connectivity index (χ1v) is 5.62. The second kappa shape index (κ2) is 5.80. The number of nitrogens with two attached hydrogens (primary N) is 1. The first-order valence-electron chi connectivity index (χ1n) is 5.62. The molecule has 0 fully saturated rings. The Hall–Kier alpha value is -2.16. The number of nitrogen functional groups attached to an aromatic ring is 1. The van der Waals surface area contributed by atoms with E-state index >= 15 is 0 Å². The molecular formula is C14H16N2O. The molecule has 17 heavy (non-hydrogen) atoms. The van der Waals surface area contributed by atoms with Crippen molar-refractivity contribution in [3.63, 3.8) is 0 Å². The summed E-state index contributed by atoms with van der Waals surface area (Å²) in [7, 11) is 0. The van der Waals surface area contributed by atoms with Gasteiger partial charge in [0.05, 0.1) is 0 Å². The summed E-state index contributed by atoms with van der Waals surface area (Å²) in [4.78, 5) is 0. The average Bonchev–Trinajstić information content (AvgIpc) is 2.36. The molecule has 0 atom stereocenters. The van der Waals surface area contributed by atoms with Crippen LogP contribution in [0, 0.1) is 0 Å². The molecule has 0 heterocycles. The summed E-state index contributed by atoms with van der Waals surface area (Å²) in [6, 6.07) is 17.5. The Balaban J connectivity index is 1.73. The smallest absolute Gasteiger partial charge is 0.121 e. The average molecular weight is 228 g/mol. The Kier molecular flexibility index (Phi) is 3.86. The Morgan fingerprint density at radius 3 is 2.59 bits per heavy atom. The van der Waals surface area contributed by atoms with Crippen LogP contribution in [0.1, 0.15) is 0 Å². The van der Waals surface area contributed by atoms with Crippen molar-refractivity contribution < 1.29 is 4.74 Å². The van der Waals surface area contributed by atoms with Crippen LogP contribution in [-0.2, 0) is 0 Å². The third kappa shape index (κ3) is 3.72. The molecule has 2 rings (SSSR count). The van der Waals surface area contributed by atoms with Crippen molar-refractivity contribution >= 4 is 11.4 Å². The second-order valence-corrected chi connectivity index (χ2v) is 3.71. The summed E-state index contributed by atoms with van der Waals surface area (Å²) in [5.41, 5.74) is 7.48. The SMILES string of the molecule is Nc1cccc(OCCNc2ccccc2)c1. The summed E-state index contributed by atoms with van der Waals surface area (Å²) < 4.78 is 5.57. The highest BCUT2D eigenvalue weighted by Crippen LogP contribution is 2.14. The highest BCUT2D eigenvalue weighted by molar-refractivity contribution is 5.44. The number of ether oxygens (including phenoxy) is 1. The normalized spacial score (nSPS) is 9.88. The monoisotopic (exact) mass is 228 g/mol. The Bertz CT molecular complexity index is 457. The number of anilines is 2. The first kappa shape index (κ1) is 11.3. The molecule has 3 N–H and O–H groups in total. The van der Waals surface area contributed by atoms with Crippen molar-refractivity contribution in [2.45, 2.75) is 0 Å². The number of benzene rings is 2. The summed E-state index contributed by atoms with van der Waals surface area (Å²) >= 11 is 0. The van der Waals surface area contributed by atoms with E-state index in [9.17, 15) is 0 Å². The van der Waals surface area contributed by atoms with Crippen LogP contribution in [0.4, 0.5) is 11.4 Å². The molecule has 2 aromatic carbocycles. The van der Waals surface area contributed by atoms with Crippen LogP contribution in [-0.4, -0.2) is 13.2 Å². The van der Waals surface area contributed by atoms with E-state index in [-0.39, 0.29) is 0 Å². The van der Waals surface area contributed by atoms with Crippen LogP contribution in [0.2, 0.25) is 0 Å². The standard InChI is InChI=1S/C14H16N2O/c15-12-5-4-8-14(11-12)17-10-9-16-13-6-2-1-3-7-13/h1-8,11,16H,9-10,15H2. The van der Waals surface area contributed by atoms with Gasteiger partial charge in [-0.15, -0.1) is 0 Å². The van der Waals surface area contributed by atoms with Gasteiger partial charge in [-0.2, -0.15) is 0 Å². The molecule has 0 amide bonds. The first-order chi connectivity index (χ1) is 8.34. The van der Waals surface area contributed by atoms with E-state index in [1.165, 1.54) is 0 Å². The van der Waals surface area contributed by atoms with Crippen LogP contribution >= 0.6 is 0 Å². The largest absolute Gasteiger partial charge is 0.492 e. The van der Waals surface area contributed by atoms with Gasteiger partial charge in [0.2, 0.25) is 0 Å². The molecule has 0 aliphatic carbocycles. The van der Waals surface area contributed by atoms with E-state index in [0.717, 1.165) is 23.7 Å². The highest BCUT2D eigenvalue weighted by atomic mass is 16.5. The number of hydrogen-bond donors (Lipinski definition) is 2. The van der Waals surface area contributed by atoms with Crippen molar-refractivity contribution in [1.29, 1.82) is 0 Å². The van der Waals surface area contributed by atoms with Gasteiger partial charge in [0.15, 0.2) is 0 Å². The van der Waals surface area contributed by atoms with E-state index in [0.29, 0.717) is 6.61 Å². The van der Waals surface area contributed by atoms with Crippen molar-refractivity contribution in [3.05, 3.63) is 54.6 Å². The van der Waals surface area contributed by atoms with Gasteiger partial charge < -0.3 is 15.8 Å². The van der Waals surface area contributed by atoms with Gasteiger partial charge in [0.1, 0.15) is 12.4 Å². The van der Waals surface area contributed by atoms with E-state index < -0.39 is 0 Å². The zero-order valence-electron chi connectivity index (χ0n) is 9.60. The Morgan fingerprint density at radius 2 is 1.82 bits per heavy atom. The number of rotatable bonds is 5. The third-order valence-electron chi connectivity index (χ3n) is 2.33. The van der Waals surface area contributed by atoms with E-state index in [1.54, 1.807) is 0 Å². The number of hydrogen-bond acceptors (Lipinski definition) is 3. The van der Waals surface area contributed by atoms with Crippen LogP contribution in [0.5, 0.6) is 5.75 Å². The zero-order valence-corrected chi connectivity index (χ0v) is 9.60. The minimum atomic E-state index is 0.609.